The first-order valence-corrected chi connectivity index (χ1v) is 53.3. The van der Waals surface area contributed by atoms with Crippen LogP contribution in [-0.2, 0) is 0 Å². The molecule has 0 unspecified atom stereocenters. The van der Waals surface area contributed by atoms with Crippen molar-refractivity contribution in [3.05, 3.63) is 419 Å². The van der Waals surface area contributed by atoms with Gasteiger partial charge in [-0.3, -0.25) is 13.7 Å². The minimum Gasteiger partial charge on any atom is -0.456 e. The third-order valence-corrected chi connectivity index (χ3v) is 35.5. The summed E-state index contributed by atoms with van der Waals surface area (Å²) in [7, 11) is 0. The lowest BCUT2D eigenvalue weighted by Crippen LogP contribution is -2.03. The van der Waals surface area contributed by atoms with Crippen molar-refractivity contribution in [2.24, 2.45) is 0 Å². The first kappa shape index (κ1) is 82.2. The van der Waals surface area contributed by atoms with E-state index in [1.807, 2.05) is 125 Å². The van der Waals surface area contributed by atoms with Crippen LogP contribution in [0.4, 0.5) is 0 Å². The summed E-state index contributed by atoms with van der Waals surface area (Å²) < 4.78 is 49.5. The maximum absolute atomic E-state index is 6.65. The maximum atomic E-state index is 6.65. The zero-order chi connectivity index (χ0) is 97.5. The molecule has 0 radical (unpaired) electrons. The van der Waals surface area contributed by atoms with Crippen molar-refractivity contribution in [1.82, 2.24) is 43.6 Å². The molecular formula is C132H69N9O5S4. The lowest BCUT2D eigenvalue weighted by Gasteiger charge is -2.11. The van der Waals surface area contributed by atoms with Crippen LogP contribution in [0.3, 0.4) is 0 Å². The second-order valence-electron chi connectivity index (χ2n) is 38.6. The van der Waals surface area contributed by atoms with Crippen LogP contribution in [0.5, 0.6) is 0 Å². The molecule has 0 saturated carbocycles. The molecule has 14 nitrogen and oxygen atoms in total. The van der Waals surface area contributed by atoms with Gasteiger partial charge in [0.15, 0.2) is 16.7 Å². The number of aromatic nitrogens is 9. The zero-order valence-electron chi connectivity index (χ0n) is 79.0. The molecule has 150 heavy (non-hydrogen) atoms. The van der Waals surface area contributed by atoms with Crippen molar-refractivity contribution in [2.75, 3.05) is 0 Å². The number of benzene rings is 21. The molecule has 696 valence electrons. The van der Waals surface area contributed by atoms with E-state index in [9.17, 15) is 0 Å². The Hall–Kier alpha value is -19.1. The molecule has 18 heteroatoms. The summed E-state index contributed by atoms with van der Waals surface area (Å²) in [6.07, 6.45) is 0. The largest absolute Gasteiger partial charge is 0.456 e. The Morgan fingerprint density at radius 3 is 0.887 bits per heavy atom. The molecule has 0 spiro atoms. The fourth-order valence-electron chi connectivity index (χ4n) is 24.3. The Morgan fingerprint density at radius 1 is 0.173 bits per heavy atom. The standard InChI is InChI=1S/2C44H23N3O2S.C44H23N3OS2/c1-2-14-27-25(13-1)36-28-15-3-7-20-32(28)47(40(36)37-30-17-6-10-23-35(30)50-43(27)37)44-45-38-29-16-5-9-22-34(29)49-42(38)39(46-44)31-19-11-18-26-24-12-4-8-21-33(24)48-41(26)31;1-2-13-27-26(12-1)37-28-14-3-7-17-32(28)47(41(37)38-30-16-6-10-20-36(30)50-43(27)38)44-45-39(42-40(46-44)29-15-5-9-19-34(29)49-42)24-21-22-35-31(23-24)25-11-4-8-18-33(25)48-35;1-2-14-27-25(13-1)36-28-15-3-7-20-32(28)47(40(36)37-30-17-6-10-23-35(30)50-43(27)37)44-45-38-29-16-4-8-21-33(29)48-41(38)39(46-44)31-19-11-18-26-24-12-5-9-22-34(24)49-42(26)31/h3*1-23H. The fourth-order valence-corrected chi connectivity index (χ4v) is 29.3. The van der Waals surface area contributed by atoms with E-state index in [1.165, 1.54) is 140 Å². The fraction of sp³-hybridized carbons (Fsp3) is 0. The van der Waals surface area contributed by atoms with Gasteiger partial charge in [-0.05, 0) is 131 Å². The highest BCUT2D eigenvalue weighted by atomic mass is 32.1. The van der Waals surface area contributed by atoms with Crippen molar-refractivity contribution >= 4 is 334 Å². The lowest BCUT2D eigenvalue weighted by atomic mass is 10.00. The minimum atomic E-state index is 0.588. The summed E-state index contributed by atoms with van der Waals surface area (Å²) in [5.74, 6) is 1.83. The van der Waals surface area contributed by atoms with Gasteiger partial charge in [0.25, 0.3) is 0 Å². The average molecular weight is 1990 g/mol. The molecule has 0 amide bonds. The van der Waals surface area contributed by atoms with E-state index in [-0.39, 0.29) is 0 Å². The van der Waals surface area contributed by atoms with E-state index in [4.69, 9.17) is 52.0 Å². The summed E-state index contributed by atoms with van der Waals surface area (Å²) in [6.45, 7) is 0. The van der Waals surface area contributed by atoms with E-state index >= 15 is 0 Å². The van der Waals surface area contributed by atoms with E-state index in [0.29, 0.717) is 40.3 Å². The smallest absolute Gasteiger partial charge is 0.236 e. The van der Waals surface area contributed by atoms with Gasteiger partial charge in [-0.15, -0.1) is 45.3 Å². The van der Waals surface area contributed by atoms with Crippen LogP contribution in [0.2, 0.25) is 0 Å². The van der Waals surface area contributed by atoms with Crippen LogP contribution < -0.4 is 0 Å². The Bertz CT molecular complexity index is 11900. The van der Waals surface area contributed by atoms with E-state index in [1.54, 1.807) is 11.3 Å². The van der Waals surface area contributed by atoms with Crippen LogP contribution in [0.15, 0.2) is 441 Å². The number of hydrogen-bond donors (Lipinski definition) is 0. The highest BCUT2D eigenvalue weighted by molar-refractivity contribution is 7.28. The molecule has 21 aromatic carbocycles. The van der Waals surface area contributed by atoms with E-state index in [2.05, 4.69) is 341 Å². The van der Waals surface area contributed by atoms with Crippen molar-refractivity contribution in [3.63, 3.8) is 0 Å². The van der Waals surface area contributed by atoms with Crippen molar-refractivity contribution < 1.29 is 22.1 Å². The highest BCUT2D eigenvalue weighted by Gasteiger charge is 2.33. The van der Waals surface area contributed by atoms with Gasteiger partial charge in [0, 0.05) is 184 Å². The first-order valence-electron chi connectivity index (χ1n) is 50.0. The van der Waals surface area contributed by atoms with Crippen molar-refractivity contribution in [1.29, 1.82) is 0 Å². The second kappa shape index (κ2) is 31.2. The lowest BCUT2D eigenvalue weighted by molar-refractivity contribution is 0.662. The van der Waals surface area contributed by atoms with Gasteiger partial charge in [-0.25, -0.2) is 29.9 Å². The van der Waals surface area contributed by atoms with E-state index in [0.717, 1.165) is 160 Å². The zero-order valence-corrected chi connectivity index (χ0v) is 82.3. The molecule has 0 fully saturated rings. The molecular weight excluding hydrogens is 1920 g/mol. The molecule has 0 N–H and O–H groups in total. The minimum absolute atomic E-state index is 0.588. The summed E-state index contributed by atoms with van der Waals surface area (Å²) >= 11 is 7.36. The maximum Gasteiger partial charge on any atom is 0.236 e. The normalized spacial score (nSPS) is 12.4. The average Bonchev–Trinajstić information content (AvgIpc) is 1.54. The van der Waals surface area contributed by atoms with Gasteiger partial charge in [0.1, 0.15) is 72.7 Å². The van der Waals surface area contributed by atoms with Crippen LogP contribution in [0.1, 0.15) is 0 Å². The number of hydrogen-bond acceptors (Lipinski definition) is 15. The Labute approximate surface area is 862 Å². The summed E-state index contributed by atoms with van der Waals surface area (Å²) in [5, 5.41) is 31.6. The highest BCUT2D eigenvalue weighted by Crippen LogP contribution is 2.55. The van der Waals surface area contributed by atoms with Crippen LogP contribution in [-0.4, -0.2) is 43.6 Å². The van der Waals surface area contributed by atoms with Gasteiger partial charge >= 0.3 is 0 Å². The molecule has 15 heterocycles. The third kappa shape index (κ3) is 11.6. The van der Waals surface area contributed by atoms with Crippen molar-refractivity contribution in [3.8, 4) is 51.6 Å². The van der Waals surface area contributed by atoms with Crippen LogP contribution in [0, 0.1) is 0 Å². The topological polar surface area (TPSA) is 158 Å². The number of furan rings is 5. The monoisotopic (exact) mass is 1990 g/mol. The number of rotatable bonds is 6. The molecule has 0 aliphatic carbocycles. The second-order valence-corrected chi connectivity index (χ2v) is 42.8. The Kier molecular flexibility index (Phi) is 17.1. The predicted octanol–water partition coefficient (Wildman–Crippen LogP) is 38.2. The number of para-hydroxylation sites is 9. The first-order chi connectivity index (χ1) is 74.4. The van der Waals surface area contributed by atoms with Gasteiger partial charge in [-0.2, -0.15) is 0 Å². The van der Waals surface area contributed by atoms with Crippen molar-refractivity contribution in [2.45, 2.75) is 0 Å². The molecule has 0 bridgehead atoms. The Balaban J connectivity index is 0.0000000957. The van der Waals surface area contributed by atoms with Crippen LogP contribution >= 0.6 is 45.3 Å². The van der Waals surface area contributed by atoms with Crippen LogP contribution in [0.25, 0.3) is 340 Å². The Morgan fingerprint density at radius 2 is 0.453 bits per heavy atom. The van der Waals surface area contributed by atoms with Gasteiger partial charge in [0.2, 0.25) is 17.8 Å². The summed E-state index contributed by atoms with van der Waals surface area (Å²) in [5.41, 5.74) is 21.7. The van der Waals surface area contributed by atoms with E-state index < -0.39 is 0 Å². The van der Waals surface area contributed by atoms with Gasteiger partial charge < -0.3 is 22.1 Å². The molecule has 0 aliphatic heterocycles. The van der Waals surface area contributed by atoms with Gasteiger partial charge in [0.05, 0.1) is 33.1 Å². The molecule has 0 saturated heterocycles. The molecule has 36 aromatic rings. The summed E-state index contributed by atoms with van der Waals surface area (Å²) in [4.78, 5) is 32.7. The number of nitrogens with zero attached hydrogens (tertiary/aromatic N) is 9. The predicted molar refractivity (Wildman–Crippen MR) is 626 cm³/mol. The molecule has 36 rings (SSSR count). The number of fused-ring (bicyclic) bond motifs is 48. The molecule has 0 aliphatic rings. The van der Waals surface area contributed by atoms with Gasteiger partial charge in [-0.1, -0.05) is 303 Å². The molecule has 0 atom stereocenters. The number of thiophene rings is 4. The summed E-state index contributed by atoms with van der Waals surface area (Å²) in [6, 6.07) is 147. The SMILES string of the molecule is c1ccc2c(c1)oc1c(-c3cccc4c3sc3ccccc34)nc(-n3c4ccccc4c4c5ccccc5c5sc6ccccc6c5c43)nc12.c1ccc2c(c1)oc1c(-c3nc(-n4c5ccccc5c5c6ccccc6c6sc7ccccc7c6c54)nc4c3oc3ccccc34)cccc12.c1ccc2c(c1)oc1ccc(-c3nc(-n4c5ccccc5c5c6ccccc6c6sc7ccccc7c6c54)nc4c3oc3ccccc34)cc12. The molecule has 15 aromatic heterocycles. The quantitative estimate of drug-likeness (QED) is 0.156. The third-order valence-electron chi connectivity index (χ3n) is 30.6.